The molecular weight excluding hydrogens is 235 g/mol. The average Bonchev–Trinajstić information content (AvgIpc) is 2.12. The van der Waals surface area contributed by atoms with Crippen LogP contribution in [0.25, 0.3) is 0 Å². The highest BCUT2D eigenvalue weighted by Gasteiger charge is 2.34. The van der Waals surface area contributed by atoms with Crippen LogP contribution in [0.3, 0.4) is 0 Å². The standard InChI is InChI=1S/C10H10BrFO/c11-10-7-2-1-3-9(13)6(7)4-5-8(10)12/h4-5,7,10H,1-3H2. The van der Waals surface area contributed by atoms with Crippen molar-refractivity contribution in [2.75, 3.05) is 0 Å². The van der Waals surface area contributed by atoms with Gasteiger partial charge in [0.25, 0.3) is 0 Å². The van der Waals surface area contributed by atoms with Crippen LogP contribution in [-0.4, -0.2) is 10.6 Å². The molecule has 0 bridgehead atoms. The predicted molar refractivity (Wildman–Crippen MR) is 52.3 cm³/mol. The highest BCUT2D eigenvalue weighted by molar-refractivity contribution is 9.09. The van der Waals surface area contributed by atoms with Gasteiger partial charge in [0, 0.05) is 12.3 Å². The Labute approximate surface area is 84.8 Å². The number of alkyl halides is 1. The molecule has 2 rings (SSSR count). The second kappa shape index (κ2) is 3.37. The summed E-state index contributed by atoms with van der Waals surface area (Å²) >= 11 is 3.29. The van der Waals surface area contributed by atoms with Crippen molar-refractivity contribution in [3.63, 3.8) is 0 Å². The van der Waals surface area contributed by atoms with Crippen LogP contribution < -0.4 is 0 Å². The first-order valence-corrected chi connectivity index (χ1v) is 5.36. The Morgan fingerprint density at radius 3 is 3.00 bits per heavy atom. The Morgan fingerprint density at radius 1 is 1.46 bits per heavy atom. The molecule has 1 saturated carbocycles. The van der Waals surface area contributed by atoms with E-state index in [0.717, 1.165) is 18.4 Å². The van der Waals surface area contributed by atoms with Crippen LogP contribution in [0.4, 0.5) is 4.39 Å². The molecule has 0 N–H and O–H groups in total. The fourth-order valence-electron chi connectivity index (χ4n) is 1.96. The van der Waals surface area contributed by atoms with Gasteiger partial charge in [-0.25, -0.2) is 4.39 Å². The van der Waals surface area contributed by atoms with Gasteiger partial charge in [-0.3, -0.25) is 4.79 Å². The first kappa shape index (κ1) is 9.13. The number of fused-ring (bicyclic) bond motifs is 1. The quantitative estimate of drug-likeness (QED) is 0.599. The molecule has 0 saturated heterocycles. The van der Waals surface area contributed by atoms with Crippen molar-refractivity contribution in [1.29, 1.82) is 0 Å². The van der Waals surface area contributed by atoms with Crippen molar-refractivity contribution in [2.24, 2.45) is 5.92 Å². The summed E-state index contributed by atoms with van der Waals surface area (Å²) in [7, 11) is 0. The number of carbonyl (C=O) groups is 1. The summed E-state index contributed by atoms with van der Waals surface area (Å²) in [6.07, 6.45) is 5.45. The number of Topliss-reactive ketones (excluding diaryl/α,β-unsaturated/α-hetero) is 1. The molecule has 0 spiro atoms. The molecule has 2 unspecified atom stereocenters. The second-order valence-electron chi connectivity index (χ2n) is 3.50. The summed E-state index contributed by atoms with van der Waals surface area (Å²) in [5.41, 5.74) is 0.800. The van der Waals surface area contributed by atoms with Gasteiger partial charge in [-0.2, -0.15) is 0 Å². The topological polar surface area (TPSA) is 17.1 Å². The summed E-state index contributed by atoms with van der Waals surface area (Å²) in [5.74, 6) is 0.0825. The maximum atomic E-state index is 13.1. The number of allylic oxidation sites excluding steroid dienone is 4. The van der Waals surface area contributed by atoms with E-state index in [-0.39, 0.29) is 22.4 Å². The maximum absolute atomic E-state index is 13.1. The van der Waals surface area contributed by atoms with Crippen LogP contribution >= 0.6 is 15.9 Å². The molecule has 13 heavy (non-hydrogen) atoms. The summed E-state index contributed by atoms with van der Waals surface area (Å²) in [5, 5.41) is 0. The minimum atomic E-state index is -0.281. The molecule has 3 heteroatoms. The van der Waals surface area contributed by atoms with Gasteiger partial charge in [0.15, 0.2) is 5.78 Å². The van der Waals surface area contributed by atoms with E-state index in [0.29, 0.717) is 6.42 Å². The Balaban J connectivity index is 2.34. The molecule has 0 aliphatic heterocycles. The smallest absolute Gasteiger partial charge is 0.159 e. The lowest BCUT2D eigenvalue weighted by atomic mass is 9.79. The van der Waals surface area contributed by atoms with Crippen molar-refractivity contribution in [3.05, 3.63) is 23.6 Å². The van der Waals surface area contributed by atoms with E-state index in [2.05, 4.69) is 15.9 Å². The normalized spacial score (nSPS) is 33.5. The van der Waals surface area contributed by atoms with E-state index in [9.17, 15) is 9.18 Å². The molecule has 0 radical (unpaired) electrons. The number of rotatable bonds is 0. The van der Waals surface area contributed by atoms with Crippen molar-refractivity contribution < 1.29 is 9.18 Å². The van der Waals surface area contributed by atoms with Gasteiger partial charge < -0.3 is 0 Å². The molecule has 2 aliphatic rings. The maximum Gasteiger partial charge on any atom is 0.159 e. The highest BCUT2D eigenvalue weighted by Crippen LogP contribution is 2.39. The van der Waals surface area contributed by atoms with E-state index < -0.39 is 0 Å². The molecule has 0 amide bonds. The SMILES string of the molecule is O=C1CCCC2C1=CC=C(F)C2Br. The second-order valence-corrected chi connectivity index (χ2v) is 4.48. The van der Waals surface area contributed by atoms with Crippen LogP contribution in [-0.2, 0) is 4.79 Å². The van der Waals surface area contributed by atoms with Crippen LogP contribution in [0.2, 0.25) is 0 Å². The predicted octanol–water partition coefficient (Wildman–Crippen LogP) is 2.91. The number of halogens is 2. The Hall–Kier alpha value is -0.440. The molecule has 2 aliphatic carbocycles. The first-order valence-electron chi connectivity index (χ1n) is 4.44. The van der Waals surface area contributed by atoms with Gasteiger partial charge >= 0.3 is 0 Å². The van der Waals surface area contributed by atoms with Crippen LogP contribution in [0.5, 0.6) is 0 Å². The monoisotopic (exact) mass is 244 g/mol. The van der Waals surface area contributed by atoms with Crippen molar-refractivity contribution >= 4 is 21.7 Å². The van der Waals surface area contributed by atoms with Crippen molar-refractivity contribution in [1.82, 2.24) is 0 Å². The highest BCUT2D eigenvalue weighted by atomic mass is 79.9. The number of hydrogen-bond donors (Lipinski definition) is 0. The van der Waals surface area contributed by atoms with Gasteiger partial charge in [-0.15, -0.1) is 0 Å². The zero-order valence-electron chi connectivity index (χ0n) is 7.09. The molecule has 1 fully saturated rings. The Bertz CT molecular complexity index is 306. The summed E-state index contributed by atoms with van der Waals surface area (Å²) in [6.45, 7) is 0. The third kappa shape index (κ3) is 1.50. The van der Waals surface area contributed by atoms with E-state index >= 15 is 0 Å². The van der Waals surface area contributed by atoms with Crippen LogP contribution in [0, 0.1) is 5.92 Å². The minimum Gasteiger partial charge on any atom is -0.295 e. The van der Waals surface area contributed by atoms with Crippen LogP contribution in [0.1, 0.15) is 19.3 Å². The van der Waals surface area contributed by atoms with Crippen LogP contribution in [0.15, 0.2) is 23.6 Å². The van der Waals surface area contributed by atoms with Gasteiger partial charge in [0.05, 0.1) is 4.83 Å². The lowest BCUT2D eigenvalue weighted by Crippen LogP contribution is -2.28. The van der Waals surface area contributed by atoms with E-state index in [1.54, 1.807) is 6.08 Å². The lowest BCUT2D eigenvalue weighted by Gasteiger charge is -2.29. The first-order chi connectivity index (χ1) is 6.20. The van der Waals surface area contributed by atoms with Crippen molar-refractivity contribution in [2.45, 2.75) is 24.1 Å². The van der Waals surface area contributed by atoms with E-state index in [4.69, 9.17) is 0 Å². The molecule has 2 atom stereocenters. The molecule has 0 aromatic carbocycles. The third-order valence-corrected chi connectivity index (χ3v) is 3.75. The van der Waals surface area contributed by atoms with Gasteiger partial charge in [0.1, 0.15) is 5.83 Å². The van der Waals surface area contributed by atoms with Crippen molar-refractivity contribution in [3.8, 4) is 0 Å². The zero-order valence-corrected chi connectivity index (χ0v) is 8.68. The summed E-state index contributed by atoms with van der Waals surface area (Å²) in [4.78, 5) is 11.2. The van der Waals surface area contributed by atoms with Gasteiger partial charge in [-0.1, -0.05) is 22.0 Å². The molecule has 1 nitrogen and oxygen atoms in total. The Morgan fingerprint density at radius 2 is 2.23 bits per heavy atom. The molecular formula is C10H10BrFO. The number of hydrogen-bond acceptors (Lipinski definition) is 1. The van der Waals surface area contributed by atoms with Gasteiger partial charge in [0.2, 0.25) is 0 Å². The number of ketones is 1. The lowest BCUT2D eigenvalue weighted by molar-refractivity contribution is -0.117. The van der Waals surface area contributed by atoms with Gasteiger partial charge in [-0.05, 0) is 24.5 Å². The molecule has 0 heterocycles. The summed E-state index contributed by atoms with van der Waals surface area (Å²) in [6, 6.07) is 0. The fourth-order valence-corrected chi connectivity index (χ4v) is 2.66. The molecule has 70 valence electrons. The third-order valence-electron chi connectivity index (χ3n) is 2.68. The fraction of sp³-hybridized carbons (Fsp3) is 0.500. The largest absolute Gasteiger partial charge is 0.295 e. The van der Waals surface area contributed by atoms with E-state index in [1.165, 1.54) is 6.08 Å². The molecule has 0 aromatic heterocycles. The van der Waals surface area contributed by atoms with E-state index in [1.807, 2.05) is 0 Å². The zero-order chi connectivity index (χ0) is 9.42. The minimum absolute atomic E-state index is 0.0613. The number of carbonyl (C=O) groups excluding carboxylic acids is 1. The summed E-state index contributed by atoms with van der Waals surface area (Å²) < 4.78 is 13.1. The molecule has 0 aromatic rings. The Kier molecular flexibility index (Phi) is 2.37. The average molecular weight is 245 g/mol.